The van der Waals surface area contributed by atoms with Crippen molar-refractivity contribution in [2.45, 2.75) is 13.0 Å². The van der Waals surface area contributed by atoms with Crippen LogP contribution in [0.25, 0.3) is 28.0 Å². The summed E-state index contributed by atoms with van der Waals surface area (Å²) in [5.74, 6) is -0.650. The summed E-state index contributed by atoms with van der Waals surface area (Å²) in [5, 5.41) is 4.41. The molecule has 0 spiro atoms. The van der Waals surface area contributed by atoms with E-state index >= 15 is 0 Å². The molecule has 3 aromatic heterocycles. The lowest BCUT2D eigenvalue weighted by Gasteiger charge is -2.13. The molecule has 0 amide bonds. The Labute approximate surface area is 224 Å². The molecule has 8 nitrogen and oxygen atoms in total. The average Bonchev–Trinajstić information content (AvgIpc) is 3.33. The highest BCUT2D eigenvalue weighted by molar-refractivity contribution is 7.98. The van der Waals surface area contributed by atoms with Crippen LogP contribution in [0.5, 0.6) is 0 Å². The van der Waals surface area contributed by atoms with Gasteiger partial charge in [-0.15, -0.1) is 0 Å². The molecule has 0 unspecified atom stereocenters. The van der Waals surface area contributed by atoms with Crippen molar-refractivity contribution >= 4 is 33.0 Å². The molecule has 1 aromatic carbocycles. The Morgan fingerprint density at radius 2 is 1.89 bits per heavy atom. The molecule has 0 saturated heterocycles. The predicted octanol–water partition coefficient (Wildman–Crippen LogP) is 4.76. The number of pyridine rings is 2. The van der Waals surface area contributed by atoms with Gasteiger partial charge in [0, 0.05) is 59.2 Å². The van der Waals surface area contributed by atoms with Crippen LogP contribution >= 0.6 is 11.8 Å². The van der Waals surface area contributed by atoms with Gasteiger partial charge in [0.2, 0.25) is 10.0 Å². The Morgan fingerprint density at radius 1 is 1.08 bits per heavy atom. The van der Waals surface area contributed by atoms with Crippen LogP contribution in [0.1, 0.15) is 17.7 Å². The maximum atomic E-state index is 14.5. The maximum absolute atomic E-state index is 14.5. The zero-order chi connectivity index (χ0) is 27.3. The average molecular weight is 557 g/mol. The SMILES string of the molecule is CSCCCn1cc(-c2ccc(C(=CN)c3cc(NS(C)(=O)=O)cc(-c4ncc(F)cc4F)c3)nc2)cn1. The lowest BCUT2D eigenvalue weighted by Crippen LogP contribution is -2.10. The normalized spacial score (nSPS) is 12.1. The standard InChI is InChI=1S/C26H26F2N6O2S2/c1-37-7-3-6-34-16-20(14-32-34)17-4-5-25(30-13-17)23(12-29)18-8-19(10-22(9-18)33-38(2,35)36)26-24(28)11-21(27)15-31-26/h4-5,8-16,33H,3,6-7,29H2,1-2H3. The molecule has 3 heterocycles. The van der Waals surface area contributed by atoms with Crippen molar-refractivity contribution in [1.29, 1.82) is 0 Å². The molecule has 0 aliphatic heterocycles. The van der Waals surface area contributed by atoms with E-state index in [0.717, 1.165) is 42.3 Å². The molecule has 3 N–H and O–H groups in total. The Kier molecular flexibility index (Phi) is 8.42. The van der Waals surface area contributed by atoms with Crippen LogP contribution in [-0.2, 0) is 16.6 Å². The van der Waals surface area contributed by atoms with Crippen molar-refractivity contribution in [1.82, 2.24) is 19.7 Å². The van der Waals surface area contributed by atoms with Crippen molar-refractivity contribution in [3.05, 3.63) is 90.3 Å². The van der Waals surface area contributed by atoms with Crippen molar-refractivity contribution < 1.29 is 17.2 Å². The minimum Gasteiger partial charge on any atom is -0.404 e. The first kappa shape index (κ1) is 27.3. The molecule has 0 atom stereocenters. The van der Waals surface area contributed by atoms with Crippen LogP contribution in [0.3, 0.4) is 0 Å². The van der Waals surface area contributed by atoms with Crippen LogP contribution in [0.15, 0.2) is 67.4 Å². The van der Waals surface area contributed by atoms with Gasteiger partial charge in [0.1, 0.15) is 11.5 Å². The smallest absolute Gasteiger partial charge is 0.229 e. The summed E-state index contributed by atoms with van der Waals surface area (Å²) in [6, 6.07) is 8.93. The topological polar surface area (TPSA) is 116 Å². The van der Waals surface area contributed by atoms with Gasteiger partial charge in [-0.2, -0.15) is 16.9 Å². The third-order valence-corrected chi connectivity index (χ3v) is 6.84. The summed E-state index contributed by atoms with van der Waals surface area (Å²) in [4.78, 5) is 8.41. The number of hydrogen-bond donors (Lipinski definition) is 2. The van der Waals surface area contributed by atoms with Gasteiger partial charge in [-0.25, -0.2) is 17.2 Å². The molecule has 4 aromatic rings. The second-order valence-electron chi connectivity index (χ2n) is 8.51. The monoisotopic (exact) mass is 556 g/mol. The van der Waals surface area contributed by atoms with E-state index in [-0.39, 0.29) is 16.9 Å². The number of aryl methyl sites for hydroxylation is 1. The second-order valence-corrected chi connectivity index (χ2v) is 11.2. The molecule has 198 valence electrons. The summed E-state index contributed by atoms with van der Waals surface area (Å²) in [7, 11) is -3.65. The minimum atomic E-state index is -3.65. The van der Waals surface area contributed by atoms with E-state index in [1.807, 2.05) is 16.9 Å². The quantitative estimate of drug-likeness (QED) is 0.271. The van der Waals surface area contributed by atoms with E-state index in [1.165, 1.54) is 12.3 Å². The number of anilines is 1. The Balaban J connectivity index is 1.68. The number of rotatable bonds is 10. The molecule has 4 rings (SSSR count). The minimum absolute atomic E-state index is 0.140. The van der Waals surface area contributed by atoms with Gasteiger partial charge in [-0.1, -0.05) is 6.07 Å². The number of nitrogens with one attached hydrogen (secondary N) is 1. The predicted molar refractivity (Wildman–Crippen MR) is 148 cm³/mol. The molecule has 0 aliphatic carbocycles. The van der Waals surface area contributed by atoms with Crippen LogP contribution in [-0.4, -0.2) is 46.4 Å². The first-order chi connectivity index (χ1) is 18.2. The number of aromatic nitrogens is 4. The van der Waals surface area contributed by atoms with Crippen LogP contribution < -0.4 is 10.5 Å². The van der Waals surface area contributed by atoms with E-state index in [0.29, 0.717) is 22.9 Å². The lowest BCUT2D eigenvalue weighted by molar-refractivity contribution is 0.576. The Hall–Kier alpha value is -3.77. The molecule has 0 radical (unpaired) electrons. The van der Waals surface area contributed by atoms with Crippen LogP contribution in [0.4, 0.5) is 14.5 Å². The number of nitrogens with zero attached hydrogens (tertiary/aromatic N) is 4. The molecular formula is C26H26F2N6O2S2. The molecule has 38 heavy (non-hydrogen) atoms. The fourth-order valence-corrected chi connectivity index (χ4v) is 4.84. The van der Waals surface area contributed by atoms with E-state index in [1.54, 1.807) is 42.4 Å². The number of benzene rings is 1. The van der Waals surface area contributed by atoms with Gasteiger partial charge in [0.05, 0.1) is 24.3 Å². The number of hydrogen-bond acceptors (Lipinski definition) is 7. The number of nitrogens with two attached hydrogens (primary N) is 1. The first-order valence-corrected chi connectivity index (χ1v) is 14.8. The van der Waals surface area contributed by atoms with Gasteiger partial charge in [-0.05, 0) is 48.3 Å². The molecule has 0 fully saturated rings. The fourth-order valence-electron chi connectivity index (χ4n) is 3.88. The molecule has 0 bridgehead atoms. The third-order valence-electron chi connectivity index (χ3n) is 5.54. The summed E-state index contributed by atoms with van der Waals surface area (Å²) in [5.41, 5.74) is 9.46. The molecular weight excluding hydrogens is 530 g/mol. The fraction of sp³-hybridized carbons (Fsp3) is 0.192. The zero-order valence-corrected chi connectivity index (χ0v) is 22.4. The number of halogens is 2. The van der Waals surface area contributed by atoms with E-state index in [4.69, 9.17) is 5.73 Å². The zero-order valence-electron chi connectivity index (χ0n) is 20.7. The lowest BCUT2D eigenvalue weighted by atomic mass is 9.98. The number of sulfonamides is 1. The second kappa shape index (κ2) is 11.7. The first-order valence-electron chi connectivity index (χ1n) is 11.5. The van der Waals surface area contributed by atoms with Crippen LogP contribution in [0, 0.1) is 11.6 Å². The van der Waals surface area contributed by atoms with E-state index in [2.05, 4.69) is 26.0 Å². The van der Waals surface area contributed by atoms with Gasteiger partial charge >= 0.3 is 0 Å². The van der Waals surface area contributed by atoms with Gasteiger partial charge < -0.3 is 5.73 Å². The largest absolute Gasteiger partial charge is 0.404 e. The van der Waals surface area contributed by atoms with Gasteiger partial charge in [0.25, 0.3) is 0 Å². The van der Waals surface area contributed by atoms with Crippen molar-refractivity contribution in [3.8, 4) is 22.4 Å². The highest BCUT2D eigenvalue weighted by atomic mass is 32.2. The third kappa shape index (κ3) is 6.75. The van der Waals surface area contributed by atoms with Crippen molar-refractivity contribution in [3.63, 3.8) is 0 Å². The van der Waals surface area contributed by atoms with Crippen molar-refractivity contribution in [2.75, 3.05) is 23.0 Å². The summed E-state index contributed by atoms with van der Waals surface area (Å²) < 4.78 is 56.1. The van der Waals surface area contributed by atoms with Crippen molar-refractivity contribution in [2.24, 2.45) is 5.73 Å². The maximum Gasteiger partial charge on any atom is 0.229 e. The van der Waals surface area contributed by atoms with Gasteiger partial charge in [-0.3, -0.25) is 19.4 Å². The van der Waals surface area contributed by atoms with E-state index < -0.39 is 21.7 Å². The summed E-state index contributed by atoms with van der Waals surface area (Å²) >= 11 is 1.80. The van der Waals surface area contributed by atoms with Crippen LogP contribution in [0.2, 0.25) is 0 Å². The summed E-state index contributed by atoms with van der Waals surface area (Å²) in [6.45, 7) is 0.829. The highest BCUT2D eigenvalue weighted by Crippen LogP contribution is 2.32. The molecule has 12 heteroatoms. The molecule has 0 saturated carbocycles. The summed E-state index contributed by atoms with van der Waals surface area (Å²) in [6.07, 6.45) is 11.8. The Bertz CT molecular complexity index is 1570. The van der Waals surface area contributed by atoms with E-state index in [9.17, 15) is 17.2 Å². The Morgan fingerprint density at radius 3 is 2.55 bits per heavy atom. The van der Waals surface area contributed by atoms with Gasteiger partial charge in [0.15, 0.2) is 5.82 Å². The highest BCUT2D eigenvalue weighted by Gasteiger charge is 2.16. The number of thioether (sulfide) groups is 1. The molecule has 0 aliphatic rings.